The number of hydrazone groups is 1. The van der Waals surface area contributed by atoms with Crippen LogP contribution in [0.2, 0.25) is 5.02 Å². The minimum atomic E-state index is -0.778. The molecular weight excluding hydrogens is 462 g/mol. The van der Waals surface area contributed by atoms with Crippen molar-refractivity contribution >= 4 is 29.6 Å². The number of hydrogen-bond acceptors (Lipinski definition) is 4. The van der Waals surface area contributed by atoms with E-state index in [9.17, 15) is 9.59 Å². The number of benzene rings is 3. The zero-order chi connectivity index (χ0) is 25.2. The van der Waals surface area contributed by atoms with Gasteiger partial charge in [-0.25, -0.2) is 5.43 Å². The summed E-state index contributed by atoms with van der Waals surface area (Å²) in [6, 6.07) is 23.4. The van der Waals surface area contributed by atoms with Gasteiger partial charge < -0.3 is 10.1 Å². The predicted octanol–water partition coefficient (Wildman–Crippen LogP) is 5.16. The Balaban J connectivity index is 1.77. The number of carbonyl (C=O) groups is 2. The lowest BCUT2D eigenvalue weighted by Crippen LogP contribution is -2.50. The van der Waals surface area contributed by atoms with Gasteiger partial charge in [-0.05, 0) is 42.2 Å². The molecule has 6 nitrogen and oxygen atoms in total. The van der Waals surface area contributed by atoms with Gasteiger partial charge in [-0.1, -0.05) is 86.1 Å². The van der Waals surface area contributed by atoms with Crippen LogP contribution in [0.3, 0.4) is 0 Å². The van der Waals surface area contributed by atoms with Crippen molar-refractivity contribution in [1.82, 2.24) is 10.7 Å². The molecule has 0 saturated carbocycles. The largest absolute Gasteiger partial charge is 0.493 e. The van der Waals surface area contributed by atoms with Gasteiger partial charge in [0.25, 0.3) is 5.91 Å². The van der Waals surface area contributed by atoms with Crippen molar-refractivity contribution in [2.45, 2.75) is 32.7 Å². The Morgan fingerprint density at radius 3 is 2.09 bits per heavy atom. The lowest BCUT2D eigenvalue weighted by molar-refractivity contribution is -0.130. The second-order valence-corrected chi connectivity index (χ2v) is 8.77. The summed E-state index contributed by atoms with van der Waals surface area (Å²) in [5.74, 6) is -0.767. The van der Waals surface area contributed by atoms with E-state index < -0.39 is 17.9 Å². The molecule has 0 heterocycles. The molecule has 0 spiro atoms. The topological polar surface area (TPSA) is 79.8 Å². The fourth-order valence-corrected chi connectivity index (χ4v) is 3.88. The predicted molar refractivity (Wildman–Crippen MR) is 140 cm³/mol. The van der Waals surface area contributed by atoms with Gasteiger partial charge in [-0.2, -0.15) is 5.10 Å². The first-order valence-corrected chi connectivity index (χ1v) is 11.9. The summed E-state index contributed by atoms with van der Waals surface area (Å²) < 4.78 is 5.58. The molecule has 1 atom stereocenters. The Morgan fingerprint density at radius 2 is 1.54 bits per heavy atom. The van der Waals surface area contributed by atoms with Crippen LogP contribution in [-0.2, 0) is 9.59 Å². The third-order valence-corrected chi connectivity index (χ3v) is 5.66. The second-order valence-electron chi connectivity index (χ2n) is 8.33. The third kappa shape index (κ3) is 7.17. The van der Waals surface area contributed by atoms with Gasteiger partial charge in [-0.15, -0.1) is 0 Å². The monoisotopic (exact) mass is 491 g/mol. The highest BCUT2D eigenvalue weighted by Gasteiger charge is 2.29. The number of halogens is 1. The number of nitrogens with zero attached hydrogens (tertiary/aromatic N) is 1. The lowest BCUT2D eigenvalue weighted by Gasteiger charge is -2.24. The van der Waals surface area contributed by atoms with Crippen LogP contribution in [0.1, 0.15) is 43.4 Å². The van der Waals surface area contributed by atoms with Gasteiger partial charge in [0.15, 0.2) is 0 Å². The van der Waals surface area contributed by atoms with Gasteiger partial charge in [0.2, 0.25) is 5.91 Å². The van der Waals surface area contributed by atoms with E-state index in [4.69, 9.17) is 16.3 Å². The highest BCUT2D eigenvalue weighted by atomic mass is 35.5. The summed E-state index contributed by atoms with van der Waals surface area (Å²) >= 11 is 6.09. The maximum absolute atomic E-state index is 13.5. The third-order valence-electron chi connectivity index (χ3n) is 5.42. The van der Waals surface area contributed by atoms with Crippen LogP contribution < -0.4 is 15.5 Å². The molecule has 0 aromatic heterocycles. The molecule has 2 amide bonds. The van der Waals surface area contributed by atoms with Crippen molar-refractivity contribution in [3.8, 4) is 5.75 Å². The summed E-state index contributed by atoms with van der Waals surface area (Å²) in [5, 5.41) is 7.54. The summed E-state index contributed by atoms with van der Waals surface area (Å²) in [5.41, 5.74) is 4.88. The molecule has 0 fully saturated rings. The van der Waals surface area contributed by atoms with Crippen molar-refractivity contribution in [3.05, 3.63) is 101 Å². The molecule has 0 unspecified atom stereocenters. The van der Waals surface area contributed by atoms with Crippen LogP contribution >= 0.6 is 11.6 Å². The average Bonchev–Trinajstić information content (AvgIpc) is 2.85. The molecule has 35 heavy (non-hydrogen) atoms. The Bertz CT molecular complexity index is 1110. The van der Waals surface area contributed by atoms with E-state index in [0.29, 0.717) is 22.9 Å². The summed E-state index contributed by atoms with van der Waals surface area (Å²) in [7, 11) is 0. The van der Waals surface area contributed by atoms with Crippen LogP contribution in [0.15, 0.2) is 84.0 Å². The molecular formula is C28H30ClN3O3. The highest BCUT2D eigenvalue weighted by Crippen LogP contribution is 2.25. The van der Waals surface area contributed by atoms with Crippen LogP contribution in [0.4, 0.5) is 0 Å². The van der Waals surface area contributed by atoms with Gasteiger partial charge >= 0.3 is 0 Å². The van der Waals surface area contributed by atoms with Crippen molar-refractivity contribution < 1.29 is 14.3 Å². The van der Waals surface area contributed by atoms with Crippen molar-refractivity contribution in [3.63, 3.8) is 0 Å². The molecule has 3 rings (SSSR count). The molecule has 0 aliphatic rings. The van der Waals surface area contributed by atoms with E-state index >= 15 is 0 Å². The van der Waals surface area contributed by atoms with Crippen LogP contribution in [0.25, 0.3) is 0 Å². The standard InChI is InChI=1S/C28H30ClN3O3/c1-4-35-24-16-15-23(29)17-22(24)18-30-32-28(34)26(19(2)3)31-27(33)25(20-11-7-5-8-12-20)21-13-9-6-10-14-21/h5-19,25-26H,4H2,1-3H3,(H,31,33)(H,32,34)/b30-18-/t26-/m1/s1. The molecule has 0 radical (unpaired) electrons. The van der Waals surface area contributed by atoms with E-state index in [0.717, 1.165) is 11.1 Å². The zero-order valence-corrected chi connectivity index (χ0v) is 20.8. The van der Waals surface area contributed by atoms with Gasteiger partial charge in [0.1, 0.15) is 11.8 Å². The molecule has 3 aromatic carbocycles. The Labute approximate surface area is 211 Å². The van der Waals surface area contributed by atoms with Crippen LogP contribution in [-0.4, -0.2) is 30.7 Å². The van der Waals surface area contributed by atoms with Crippen molar-refractivity contribution in [1.29, 1.82) is 0 Å². The minimum absolute atomic E-state index is 0.161. The van der Waals surface area contributed by atoms with E-state index in [1.807, 2.05) is 81.4 Å². The smallest absolute Gasteiger partial charge is 0.262 e. The first-order valence-electron chi connectivity index (χ1n) is 11.6. The number of carbonyl (C=O) groups excluding carboxylic acids is 2. The first-order chi connectivity index (χ1) is 16.9. The number of ether oxygens (including phenoxy) is 1. The summed E-state index contributed by atoms with van der Waals surface area (Å²) in [6.45, 7) is 6.11. The van der Waals surface area contributed by atoms with Gasteiger partial charge in [0, 0.05) is 10.6 Å². The summed E-state index contributed by atoms with van der Waals surface area (Å²) in [4.78, 5) is 26.4. The molecule has 2 N–H and O–H groups in total. The Kier molecular flexibility index (Phi) is 9.44. The molecule has 182 valence electrons. The normalized spacial score (nSPS) is 12.1. The van der Waals surface area contributed by atoms with E-state index in [1.165, 1.54) is 6.21 Å². The summed E-state index contributed by atoms with van der Waals surface area (Å²) in [6.07, 6.45) is 1.48. The van der Waals surface area contributed by atoms with Gasteiger partial charge in [0.05, 0.1) is 18.7 Å². The minimum Gasteiger partial charge on any atom is -0.493 e. The molecule has 7 heteroatoms. The Morgan fingerprint density at radius 1 is 0.943 bits per heavy atom. The molecule has 0 aliphatic heterocycles. The van der Waals surface area contributed by atoms with E-state index in [1.54, 1.807) is 18.2 Å². The van der Waals surface area contributed by atoms with Crippen molar-refractivity contribution in [2.24, 2.45) is 11.0 Å². The first kappa shape index (κ1) is 26.0. The number of nitrogens with one attached hydrogen (secondary N) is 2. The average molecular weight is 492 g/mol. The fraction of sp³-hybridized carbons (Fsp3) is 0.250. The van der Waals surface area contributed by atoms with Crippen LogP contribution in [0, 0.1) is 5.92 Å². The van der Waals surface area contributed by atoms with Crippen molar-refractivity contribution in [2.75, 3.05) is 6.61 Å². The fourth-order valence-electron chi connectivity index (χ4n) is 3.70. The molecule has 0 bridgehead atoms. The lowest BCUT2D eigenvalue weighted by atomic mass is 9.89. The van der Waals surface area contributed by atoms with E-state index in [-0.39, 0.29) is 11.8 Å². The number of hydrogen-bond donors (Lipinski definition) is 2. The van der Waals surface area contributed by atoms with Crippen LogP contribution in [0.5, 0.6) is 5.75 Å². The molecule has 0 aliphatic carbocycles. The molecule has 0 saturated heterocycles. The highest BCUT2D eigenvalue weighted by molar-refractivity contribution is 6.30. The zero-order valence-electron chi connectivity index (χ0n) is 20.1. The SMILES string of the molecule is CCOc1ccc(Cl)cc1/C=N\NC(=O)[C@H](NC(=O)C(c1ccccc1)c1ccccc1)C(C)C. The maximum Gasteiger partial charge on any atom is 0.262 e. The maximum atomic E-state index is 13.5. The quantitative estimate of drug-likeness (QED) is 0.303. The van der Waals surface area contributed by atoms with Gasteiger partial charge in [-0.3, -0.25) is 9.59 Å². The number of amides is 2. The second kappa shape index (κ2) is 12.7. The Hall–Kier alpha value is -3.64. The molecule has 3 aromatic rings. The van der Waals surface area contributed by atoms with E-state index in [2.05, 4.69) is 15.8 Å². The number of rotatable bonds is 10.